The zero-order valence-corrected chi connectivity index (χ0v) is 5.43. The summed E-state index contributed by atoms with van der Waals surface area (Å²) >= 11 is 0. The predicted octanol–water partition coefficient (Wildman–Crippen LogP) is 1.37. The maximum atomic E-state index is 12.8. The summed E-state index contributed by atoms with van der Waals surface area (Å²) in [5, 5.41) is 16.6. The third-order valence-electron chi connectivity index (χ3n) is 1.17. The summed E-state index contributed by atoms with van der Waals surface area (Å²) in [4.78, 5) is 0. The Balaban J connectivity index is 3.38. The van der Waals surface area contributed by atoms with E-state index in [4.69, 9.17) is 10.5 Å². The fourth-order valence-electron chi connectivity index (χ4n) is 0.643. The van der Waals surface area contributed by atoms with Crippen LogP contribution in [0.4, 0.5) is 4.39 Å². The van der Waals surface area contributed by atoms with Gasteiger partial charge < -0.3 is 0 Å². The predicted molar refractivity (Wildman–Crippen MR) is 34.7 cm³/mol. The minimum absolute atomic E-state index is 0.149. The molecule has 2 nitrogen and oxygen atoms in total. The van der Waals surface area contributed by atoms with Gasteiger partial charge in [0.1, 0.15) is 12.1 Å². The van der Waals surface area contributed by atoms with E-state index in [9.17, 15) is 4.39 Å². The summed E-state index contributed by atoms with van der Waals surface area (Å²) in [6, 6.07) is 8.12. The van der Waals surface area contributed by atoms with E-state index >= 15 is 0 Å². The molecule has 1 radical (unpaired) electrons. The van der Waals surface area contributed by atoms with Gasteiger partial charge in [-0.25, -0.2) is 4.39 Å². The summed E-state index contributed by atoms with van der Waals surface area (Å²) in [6.07, 6.45) is 0. The van der Waals surface area contributed by atoms with E-state index in [1.807, 2.05) is 0 Å². The first kappa shape index (κ1) is 7.24. The molecule has 0 heterocycles. The van der Waals surface area contributed by atoms with Crippen molar-refractivity contribution in [3.8, 4) is 12.1 Å². The van der Waals surface area contributed by atoms with Crippen LogP contribution < -0.4 is 0 Å². The first-order valence-electron chi connectivity index (χ1n) is 2.79. The van der Waals surface area contributed by atoms with Crippen LogP contribution in [0.3, 0.4) is 0 Å². The lowest BCUT2D eigenvalue weighted by Gasteiger charge is -1.92. The molecule has 0 atom stereocenters. The number of rotatable bonds is 0. The lowest BCUT2D eigenvalue weighted by atomic mass is 10.1. The SMILES string of the molecule is N#Cc1c[c]cc(C#N)c1F. The number of hydrogen-bond donors (Lipinski definition) is 0. The molecule has 1 aromatic rings. The Morgan fingerprint density at radius 2 is 1.64 bits per heavy atom. The second-order valence-corrected chi connectivity index (χ2v) is 1.82. The van der Waals surface area contributed by atoms with E-state index in [2.05, 4.69) is 6.07 Å². The highest BCUT2D eigenvalue weighted by atomic mass is 19.1. The van der Waals surface area contributed by atoms with Crippen LogP contribution in [0.25, 0.3) is 0 Å². The highest BCUT2D eigenvalue weighted by Gasteiger charge is 2.05. The molecule has 3 heteroatoms. The molecule has 0 aromatic heterocycles. The van der Waals surface area contributed by atoms with E-state index in [0.717, 1.165) is 0 Å². The van der Waals surface area contributed by atoms with Crippen molar-refractivity contribution in [1.29, 1.82) is 10.5 Å². The minimum atomic E-state index is -0.770. The van der Waals surface area contributed by atoms with Crippen molar-refractivity contribution >= 4 is 0 Å². The molecular formula is C8H2FN2. The molecule has 0 aliphatic rings. The average molecular weight is 145 g/mol. The van der Waals surface area contributed by atoms with Gasteiger partial charge in [-0.3, -0.25) is 0 Å². The van der Waals surface area contributed by atoms with Crippen LogP contribution in [-0.2, 0) is 0 Å². The molecule has 0 saturated carbocycles. The Morgan fingerprint density at radius 3 is 2.00 bits per heavy atom. The van der Waals surface area contributed by atoms with Crippen molar-refractivity contribution in [3.63, 3.8) is 0 Å². The Labute approximate surface area is 63.1 Å². The van der Waals surface area contributed by atoms with Gasteiger partial charge in [-0.2, -0.15) is 10.5 Å². The van der Waals surface area contributed by atoms with E-state index < -0.39 is 5.82 Å². The van der Waals surface area contributed by atoms with Gasteiger partial charge in [0.2, 0.25) is 0 Å². The van der Waals surface area contributed by atoms with Gasteiger partial charge in [-0.1, -0.05) is 0 Å². The van der Waals surface area contributed by atoms with Crippen LogP contribution in [0.5, 0.6) is 0 Å². The van der Waals surface area contributed by atoms with Crippen LogP contribution in [0, 0.1) is 34.5 Å². The fourth-order valence-corrected chi connectivity index (χ4v) is 0.643. The second-order valence-electron chi connectivity index (χ2n) is 1.82. The Hall–Kier alpha value is -1.87. The molecule has 0 spiro atoms. The lowest BCUT2D eigenvalue weighted by Crippen LogP contribution is -1.87. The van der Waals surface area contributed by atoms with Crippen LogP contribution in [0.1, 0.15) is 11.1 Å². The first-order valence-corrected chi connectivity index (χ1v) is 2.79. The number of nitrogens with zero attached hydrogens (tertiary/aromatic N) is 2. The van der Waals surface area contributed by atoms with Gasteiger partial charge in [0, 0.05) is 0 Å². The number of halogens is 1. The second kappa shape index (κ2) is 2.81. The fraction of sp³-hybridized carbons (Fsp3) is 0. The molecule has 0 aliphatic heterocycles. The molecule has 0 unspecified atom stereocenters. The molecular weight excluding hydrogens is 143 g/mol. The van der Waals surface area contributed by atoms with E-state index in [1.165, 1.54) is 12.1 Å². The summed E-state index contributed by atoms with van der Waals surface area (Å²) in [5.74, 6) is -0.770. The average Bonchev–Trinajstić information content (AvgIpc) is 2.05. The lowest BCUT2D eigenvalue weighted by molar-refractivity contribution is 0.620. The van der Waals surface area contributed by atoms with Gasteiger partial charge in [0.05, 0.1) is 11.1 Å². The van der Waals surface area contributed by atoms with Gasteiger partial charge in [0.25, 0.3) is 0 Å². The van der Waals surface area contributed by atoms with Crippen molar-refractivity contribution in [2.75, 3.05) is 0 Å². The van der Waals surface area contributed by atoms with Crippen molar-refractivity contribution < 1.29 is 4.39 Å². The number of nitriles is 2. The minimum Gasteiger partial charge on any atom is -0.204 e. The maximum Gasteiger partial charge on any atom is 0.158 e. The zero-order valence-electron chi connectivity index (χ0n) is 5.43. The van der Waals surface area contributed by atoms with Crippen molar-refractivity contribution in [2.45, 2.75) is 0 Å². The molecule has 0 N–H and O–H groups in total. The monoisotopic (exact) mass is 145 g/mol. The van der Waals surface area contributed by atoms with Gasteiger partial charge >= 0.3 is 0 Å². The first-order chi connectivity index (χ1) is 5.29. The third kappa shape index (κ3) is 1.17. The standard InChI is InChI=1S/C8H2FN2/c9-8-6(4-10)2-1-3-7(8)5-11/h2-3H. The van der Waals surface area contributed by atoms with Crippen molar-refractivity contribution in [1.82, 2.24) is 0 Å². The molecule has 51 valence electrons. The summed E-state index contributed by atoms with van der Waals surface area (Å²) in [7, 11) is 0. The normalized spacial score (nSPS) is 8.27. The van der Waals surface area contributed by atoms with Crippen LogP contribution in [0.15, 0.2) is 12.1 Å². The maximum absolute atomic E-state index is 12.8. The zero-order chi connectivity index (χ0) is 8.27. The molecule has 0 saturated heterocycles. The number of hydrogen-bond acceptors (Lipinski definition) is 2. The van der Waals surface area contributed by atoms with E-state index in [-0.39, 0.29) is 11.1 Å². The Bertz CT molecular complexity index is 325. The van der Waals surface area contributed by atoms with E-state index in [1.54, 1.807) is 12.1 Å². The summed E-state index contributed by atoms with van der Waals surface area (Å²) in [5.41, 5.74) is -0.298. The summed E-state index contributed by atoms with van der Waals surface area (Å²) in [6.45, 7) is 0. The summed E-state index contributed by atoms with van der Waals surface area (Å²) < 4.78 is 12.8. The highest BCUT2D eigenvalue weighted by Crippen LogP contribution is 2.09. The molecule has 0 fully saturated rings. The topological polar surface area (TPSA) is 47.6 Å². The van der Waals surface area contributed by atoms with Crippen molar-refractivity contribution in [3.05, 3.63) is 35.1 Å². The smallest absolute Gasteiger partial charge is 0.158 e. The molecule has 1 aromatic carbocycles. The molecule has 0 bridgehead atoms. The van der Waals surface area contributed by atoms with Gasteiger partial charge in [-0.05, 0) is 18.2 Å². The van der Waals surface area contributed by atoms with Crippen molar-refractivity contribution in [2.24, 2.45) is 0 Å². The Morgan fingerprint density at radius 1 is 1.18 bits per heavy atom. The molecule has 0 aliphatic carbocycles. The van der Waals surface area contributed by atoms with Gasteiger partial charge in [0.15, 0.2) is 5.82 Å². The molecule has 11 heavy (non-hydrogen) atoms. The highest BCUT2D eigenvalue weighted by molar-refractivity contribution is 5.40. The van der Waals surface area contributed by atoms with Crippen LogP contribution in [-0.4, -0.2) is 0 Å². The third-order valence-corrected chi connectivity index (χ3v) is 1.17. The largest absolute Gasteiger partial charge is 0.204 e. The molecule has 1 rings (SSSR count). The quantitative estimate of drug-likeness (QED) is 0.553. The van der Waals surface area contributed by atoms with Crippen LogP contribution >= 0.6 is 0 Å². The molecule has 0 amide bonds. The van der Waals surface area contributed by atoms with E-state index in [0.29, 0.717) is 0 Å². The van der Waals surface area contributed by atoms with Crippen LogP contribution in [0.2, 0.25) is 0 Å². The number of benzene rings is 1. The van der Waals surface area contributed by atoms with Gasteiger partial charge in [-0.15, -0.1) is 0 Å². The Kier molecular flexibility index (Phi) is 1.85.